The zero-order valence-corrected chi connectivity index (χ0v) is 75.4. The van der Waals surface area contributed by atoms with Crippen LogP contribution in [-0.4, -0.2) is 106 Å². The maximum absolute atomic E-state index is 15.0. The summed E-state index contributed by atoms with van der Waals surface area (Å²) in [5.41, 5.74) is 34.3. The van der Waals surface area contributed by atoms with Crippen molar-refractivity contribution in [1.82, 2.24) is 80.3 Å². The molecule has 714 valence electrons. The lowest BCUT2D eigenvalue weighted by Crippen LogP contribution is -2.31. The van der Waals surface area contributed by atoms with Crippen LogP contribution in [0.2, 0.25) is 0 Å². The van der Waals surface area contributed by atoms with Crippen LogP contribution in [0.5, 0.6) is 0 Å². The molecule has 26 nitrogen and oxygen atoms in total. The Morgan fingerprint density at radius 3 is 1.18 bits per heavy atom. The molecule has 40 heteroatoms. The van der Waals surface area contributed by atoms with Crippen molar-refractivity contribution < 1.29 is 86.5 Å². The highest BCUT2D eigenvalue weighted by molar-refractivity contribution is 9.10. The summed E-state index contributed by atoms with van der Waals surface area (Å²) in [6, 6.07) is 43.7. The maximum Gasteiger partial charge on any atom is 0.333 e. The highest BCUT2D eigenvalue weighted by atomic mass is 79.9. The Hall–Kier alpha value is -16.2. The quantitative estimate of drug-likeness (QED) is 0.0214. The average Bonchev–Trinajstić information content (AvgIpc) is 1.78. The van der Waals surface area contributed by atoms with Gasteiger partial charge in [-0.3, -0.25) is 28.5 Å². The number of nitrogens with two attached hydrogens (primary N) is 4. The number of anilines is 4. The Bertz CT molecular complexity index is 7200. The summed E-state index contributed by atoms with van der Waals surface area (Å²) >= 11 is 3.39. The number of aryl methyl sites for hydroxylation is 3. The molecule has 0 fully saturated rings. The third kappa shape index (κ3) is 24.5. The molecule has 0 bridgehead atoms. The molecule has 0 aliphatic rings. The second kappa shape index (κ2) is 45.0. The molecule has 0 saturated heterocycles. The van der Waals surface area contributed by atoms with Crippen molar-refractivity contribution in [3.63, 3.8) is 0 Å². The van der Waals surface area contributed by atoms with Crippen LogP contribution >= 0.6 is 15.9 Å². The first-order chi connectivity index (χ1) is 66.5. The molecule has 0 spiro atoms. The standard InChI is InChI=1S/C26H22F5N5O2.C26H23F4N5O2.C24H20F3N5O.C23H19BrFN5O/c1-13-21(11-34-36(13)26(30)31)17-7-20(24(32)33-10-17)15-2-3-19(22(29)8-15)25(38)35-23(12-37)16-4-14(9-27)5-18(28)6-16;1-14-21(12-35(34-14)26(29)30)18-8-20(24(31)32-11-18)16-5-6-19(22(28)9-16)25(37)33-23(13-36)17-4-2-3-15(7-17)10-27;1-32-13-18(12-31-32)17-8-20(23(28)29-11-17)15-5-6-19(21(25)9-15)24(33)30-10-14-3-2-4-16(7-14)22(26)27;1-30-13-17(12-29-30)16-8-20(22(26)27-11-16)15-5-6-19(21(25)9-15)23(31)28-10-14-3-2-4-18(24)7-14/h2-8,10-11,23,26,37H,9,12H2,1H3,(H2,32,33)(H,35,38);2-9,11-12,23,26,36H,10,13H2,1H3,(H2,31,32)(H,33,37);2-9,11-13,22H,10H2,1H3,(H2,28,29)(H,30,33);2-9,11-13H,10H2,1H3,(H2,26,27)(H,28,31)/t2*23-;;/m11../s1. The van der Waals surface area contributed by atoms with Crippen LogP contribution in [-0.2, 0) is 40.5 Å². The largest absolute Gasteiger partial charge is 0.394 e. The van der Waals surface area contributed by atoms with Gasteiger partial charge in [-0.2, -0.15) is 38.0 Å². The highest BCUT2D eigenvalue weighted by Crippen LogP contribution is 2.39. The van der Waals surface area contributed by atoms with E-state index in [9.17, 15) is 77.7 Å². The molecule has 8 aromatic carbocycles. The summed E-state index contributed by atoms with van der Waals surface area (Å²) in [5.74, 6) is -6.09. The van der Waals surface area contributed by atoms with E-state index in [0.29, 0.717) is 99.5 Å². The molecular weight excluding hydrogens is 1890 g/mol. The van der Waals surface area contributed by atoms with Gasteiger partial charge < -0.3 is 54.4 Å². The van der Waals surface area contributed by atoms with Gasteiger partial charge in [0.2, 0.25) is 0 Å². The number of nitrogens with zero attached hydrogens (tertiary/aromatic N) is 12. The van der Waals surface area contributed by atoms with Gasteiger partial charge in [-0.15, -0.1) is 0 Å². The number of carbonyl (C=O) groups is 4. The normalized spacial score (nSPS) is 11.6. The van der Waals surface area contributed by atoms with E-state index in [-0.39, 0.29) is 80.0 Å². The Labute approximate surface area is 792 Å². The fourth-order valence-corrected chi connectivity index (χ4v) is 15.1. The van der Waals surface area contributed by atoms with Gasteiger partial charge in [0.15, 0.2) is 0 Å². The topological polar surface area (TPSA) is 384 Å². The molecule has 16 aromatic rings. The number of amides is 4. The van der Waals surface area contributed by atoms with E-state index in [4.69, 9.17) is 22.9 Å². The van der Waals surface area contributed by atoms with E-state index in [0.717, 1.165) is 56.6 Å². The minimum atomic E-state index is -2.82. The molecule has 0 aliphatic heterocycles. The van der Waals surface area contributed by atoms with E-state index >= 15 is 8.78 Å². The Morgan fingerprint density at radius 1 is 0.388 bits per heavy atom. The van der Waals surface area contributed by atoms with Crippen LogP contribution in [0.15, 0.2) is 254 Å². The summed E-state index contributed by atoms with van der Waals surface area (Å²) in [4.78, 5) is 67.1. The van der Waals surface area contributed by atoms with E-state index < -0.39 is 111 Å². The Balaban J connectivity index is 0.000000157. The first-order valence-electron chi connectivity index (χ1n) is 41.9. The molecule has 16 rings (SSSR count). The summed E-state index contributed by atoms with van der Waals surface area (Å²) in [6.45, 7) is -5.06. The van der Waals surface area contributed by atoms with Gasteiger partial charge in [-0.05, 0) is 173 Å². The zero-order chi connectivity index (χ0) is 99.7. The summed E-state index contributed by atoms with van der Waals surface area (Å²) in [7, 11) is 3.62. The summed E-state index contributed by atoms with van der Waals surface area (Å²) in [5, 5.41) is 45.4. The van der Waals surface area contributed by atoms with Gasteiger partial charge in [0, 0.05) is 153 Å². The number of aliphatic hydroxyl groups is 2. The first kappa shape index (κ1) is 100. The lowest BCUT2D eigenvalue weighted by Gasteiger charge is -2.18. The second-order valence-electron chi connectivity index (χ2n) is 31.3. The lowest BCUT2D eigenvalue weighted by molar-refractivity contribution is 0.0543. The van der Waals surface area contributed by atoms with Gasteiger partial charge in [-0.25, -0.2) is 68.8 Å². The van der Waals surface area contributed by atoms with Crippen molar-refractivity contribution in [3.05, 3.63) is 356 Å². The fraction of sp³-hybridized carbons (Fsp3) is 0.152. The zero-order valence-electron chi connectivity index (χ0n) is 73.8. The lowest BCUT2D eigenvalue weighted by atomic mass is 9.99. The SMILES string of the molecule is Cc1c(-c2cnc(N)c(-c3ccc(C(=O)N[C@H](CO)c4cc(F)cc(CF)c4)c(F)c3)c2)cnn1C(F)F.Cc1nn(C(F)F)cc1-c1cnc(N)c(-c2ccc(C(=O)N[C@H](CO)c3cccc(CF)c3)c(F)c2)c1.Cn1cc(-c2cnc(N)c(-c3ccc(C(=O)NCc4cccc(Br)c4)c(F)c3)c2)cn1.Cn1cc(-c2cnc(N)c(-c3ccc(C(=O)NCc4cccc(C(F)F)c4)c(F)c3)c2)cn1. The fourth-order valence-electron chi connectivity index (χ4n) is 14.6. The molecule has 8 aromatic heterocycles. The van der Waals surface area contributed by atoms with Crippen LogP contribution in [0.3, 0.4) is 0 Å². The van der Waals surface area contributed by atoms with Gasteiger partial charge in [-0.1, -0.05) is 101 Å². The van der Waals surface area contributed by atoms with Crippen LogP contribution in [0.1, 0.15) is 123 Å². The Kier molecular flexibility index (Phi) is 32.4. The van der Waals surface area contributed by atoms with Crippen molar-refractivity contribution in [2.75, 3.05) is 36.1 Å². The number of aromatic nitrogens is 12. The molecule has 0 radical (unpaired) electrons. The van der Waals surface area contributed by atoms with Crippen LogP contribution in [0.4, 0.5) is 80.3 Å². The van der Waals surface area contributed by atoms with E-state index in [2.05, 4.69) is 77.5 Å². The minimum absolute atomic E-state index is 0.00932. The monoisotopic (exact) mass is 1970 g/mol. The number of nitrogen functional groups attached to an aromatic ring is 4. The maximum atomic E-state index is 15.0. The number of alkyl halides is 8. The molecule has 14 N–H and O–H groups in total. The van der Waals surface area contributed by atoms with Crippen molar-refractivity contribution in [3.8, 4) is 89.0 Å². The minimum Gasteiger partial charge on any atom is -0.394 e. The van der Waals surface area contributed by atoms with Gasteiger partial charge >= 0.3 is 13.1 Å². The number of pyridine rings is 4. The molecule has 0 aliphatic carbocycles. The number of carbonyl (C=O) groups excluding carboxylic acids is 4. The third-order valence-corrected chi connectivity index (χ3v) is 22.3. The molecular formula is C99H84BrF13N20O6. The first-order valence-corrected chi connectivity index (χ1v) is 42.7. The molecule has 139 heavy (non-hydrogen) atoms. The summed E-state index contributed by atoms with van der Waals surface area (Å²) < 4.78 is 183. The smallest absolute Gasteiger partial charge is 0.333 e. The molecule has 0 saturated carbocycles. The van der Waals surface area contributed by atoms with E-state index in [1.165, 1.54) is 111 Å². The molecule has 8 heterocycles. The van der Waals surface area contributed by atoms with Crippen molar-refractivity contribution >= 4 is 62.8 Å². The predicted molar refractivity (Wildman–Crippen MR) is 500 cm³/mol. The Morgan fingerprint density at radius 2 is 0.784 bits per heavy atom. The number of rotatable bonds is 27. The number of nitrogens with one attached hydrogen (secondary N) is 4. The van der Waals surface area contributed by atoms with Crippen LogP contribution in [0.25, 0.3) is 89.0 Å². The van der Waals surface area contributed by atoms with Gasteiger partial charge in [0.25, 0.3) is 30.1 Å². The van der Waals surface area contributed by atoms with Crippen molar-refractivity contribution in [2.24, 2.45) is 14.1 Å². The summed E-state index contributed by atoms with van der Waals surface area (Å²) in [6.07, 6.45) is 13.0. The number of hydrogen-bond donors (Lipinski definition) is 10. The molecule has 4 amide bonds. The van der Waals surface area contributed by atoms with E-state index in [1.54, 1.807) is 103 Å². The number of halogens is 14. The number of benzene rings is 8. The van der Waals surface area contributed by atoms with Crippen LogP contribution < -0.4 is 44.2 Å². The predicted octanol–water partition coefficient (Wildman–Crippen LogP) is 19.4. The van der Waals surface area contributed by atoms with Crippen molar-refractivity contribution in [2.45, 2.75) is 71.9 Å². The average molecular weight is 1980 g/mol. The van der Waals surface area contributed by atoms with Gasteiger partial charge in [0.1, 0.15) is 65.7 Å². The van der Waals surface area contributed by atoms with Crippen LogP contribution in [0, 0.1) is 42.9 Å². The molecule has 2 atom stereocenters. The highest BCUT2D eigenvalue weighted by Gasteiger charge is 2.27. The number of hydrogen-bond acceptors (Lipinski definition) is 18. The van der Waals surface area contributed by atoms with E-state index in [1.807, 2.05) is 49.8 Å². The number of aliphatic hydroxyl groups excluding tert-OH is 2. The third-order valence-electron chi connectivity index (χ3n) is 21.8. The van der Waals surface area contributed by atoms with Crippen molar-refractivity contribution in [1.29, 1.82) is 0 Å². The molecule has 0 unspecified atom stereocenters. The second-order valence-corrected chi connectivity index (χ2v) is 32.2. The van der Waals surface area contributed by atoms with Gasteiger partial charge in [0.05, 0.1) is 71.8 Å².